The molecule has 134 valence electrons. The molecule has 1 heterocycles. The van der Waals surface area contributed by atoms with Crippen molar-refractivity contribution >= 4 is 63.5 Å². The topological polar surface area (TPSA) is 49.8 Å². The molecule has 0 saturated carbocycles. The number of rotatable bonds is 4. The van der Waals surface area contributed by atoms with Crippen LogP contribution in [0.3, 0.4) is 0 Å². The van der Waals surface area contributed by atoms with Crippen LogP contribution in [0.1, 0.15) is 11.1 Å². The largest absolute Gasteiger partial charge is 0.505 e. The van der Waals surface area contributed by atoms with E-state index in [1.807, 2.05) is 24.3 Å². The monoisotopic (exact) mass is 425 g/mol. The van der Waals surface area contributed by atoms with Crippen molar-refractivity contribution in [1.29, 1.82) is 0 Å². The molecular formula is C18H13Cl2NO3S2. The van der Waals surface area contributed by atoms with Crippen molar-refractivity contribution in [2.45, 2.75) is 6.54 Å². The summed E-state index contributed by atoms with van der Waals surface area (Å²) in [4.78, 5) is 14.7. The molecule has 2 aromatic rings. The number of thioether (sulfide) groups is 1. The van der Waals surface area contributed by atoms with Crippen LogP contribution < -0.4 is 4.74 Å². The van der Waals surface area contributed by atoms with E-state index in [-0.39, 0.29) is 21.7 Å². The Kier molecular flexibility index (Phi) is 5.77. The first kappa shape index (κ1) is 19.0. The van der Waals surface area contributed by atoms with Gasteiger partial charge in [0.15, 0.2) is 5.75 Å². The highest BCUT2D eigenvalue weighted by molar-refractivity contribution is 8.26. The third kappa shape index (κ3) is 3.99. The van der Waals surface area contributed by atoms with Gasteiger partial charge in [-0.05, 0) is 41.5 Å². The third-order valence-electron chi connectivity index (χ3n) is 3.71. The van der Waals surface area contributed by atoms with Gasteiger partial charge in [-0.3, -0.25) is 9.69 Å². The molecule has 0 aliphatic carbocycles. The molecule has 1 aliphatic rings. The van der Waals surface area contributed by atoms with Crippen molar-refractivity contribution < 1.29 is 14.6 Å². The molecule has 1 amide bonds. The summed E-state index contributed by atoms with van der Waals surface area (Å²) < 4.78 is 5.61. The molecule has 4 nitrogen and oxygen atoms in total. The van der Waals surface area contributed by atoms with Gasteiger partial charge in [-0.2, -0.15) is 0 Å². The molecule has 2 aromatic carbocycles. The maximum absolute atomic E-state index is 12.7. The maximum atomic E-state index is 12.7. The van der Waals surface area contributed by atoms with Gasteiger partial charge in [-0.1, -0.05) is 59.3 Å². The van der Waals surface area contributed by atoms with Crippen molar-refractivity contribution in [2.75, 3.05) is 7.11 Å². The molecule has 0 unspecified atom stereocenters. The van der Waals surface area contributed by atoms with Crippen LogP contribution in [0.15, 0.2) is 41.3 Å². The number of hydrogen-bond donors (Lipinski definition) is 1. The number of nitrogens with zero attached hydrogens (tertiary/aromatic N) is 1. The standard InChI is InChI=1S/C18H13Cl2NO3S2/c1-24-12-4-2-10(3-5-12)9-21-17(23)15(26-18(21)25)8-11-6-13(19)16(22)14(20)7-11/h2-8,22H,9H2,1H3. The lowest BCUT2D eigenvalue weighted by Gasteiger charge is -2.14. The Hall–Kier alpha value is -1.73. The molecule has 1 saturated heterocycles. The van der Waals surface area contributed by atoms with Crippen LogP contribution in [0.2, 0.25) is 10.0 Å². The Balaban J connectivity index is 1.82. The predicted octanol–water partition coefficient (Wildman–Crippen LogP) is 5.11. The van der Waals surface area contributed by atoms with E-state index >= 15 is 0 Å². The molecule has 0 aromatic heterocycles. The maximum Gasteiger partial charge on any atom is 0.266 e. The Morgan fingerprint density at radius 3 is 2.42 bits per heavy atom. The second-order valence-electron chi connectivity index (χ2n) is 5.45. The number of aromatic hydroxyl groups is 1. The fraction of sp³-hybridized carbons (Fsp3) is 0.111. The van der Waals surface area contributed by atoms with Gasteiger partial charge in [0.1, 0.15) is 10.1 Å². The van der Waals surface area contributed by atoms with E-state index < -0.39 is 0 Å². The molecule has 26 heavy (non-hydrogen) atoms. The number of carbonyl (C=O) groups is 1. The van der Waals surface area contributed by atoms with Crippen LogP contribution in [-0.2, 0) is 11.3 Å². The van der Waals surface area contributed by atoms with Crippen LogP contribution in [0.5, 0.6) is 11.5 Å². The minimum Gasteiger partial charge on any atom is -0.505 e. The number of methoxy groups -OCH3 is 1. The van der Waals surface area contributed by atoms with E-state index in [4.69, 9.17) is 40.2 Å². The number of carbonyl (C=O) groups excluding carboxylic acids is 1. The number of thiocarbonyl (C=S) groups is 1. The normalized spacial score (nSPS) is 15.8. The predicted molar refractivity (Wildman–Crippen MR) is 110 cm³/mol. The molecule has 1 N–H and O–H groups in total. The Bertz CT molecular complexity index is 890. The van der Waals surface area contributed by atoms with Crippen molar-refractivity contribution in [2.24, 2.45) is 0 Å². The number of ether oxygens (including phenoxy) is 1. The van der Waals surface area contributed by atoms with E-state index in [1.165, 1.54) is 16.7 Å². The summed E-state index contributed by atoms with van der Waals surface area (Å²) in [6.07, 6.45) is 1.66. The quantitative estimate of drug-likeness (QED) is 0.544. The lowest BCUT2D eigenvalue weighted by Crippen LogP contribution is -2.27. The van der Waals surface area contributed by atoms with Crippen LogP contribution in [0.4, 0.5) is 0 Å². The molecule has 8 heteroatoms. The molecular weight excluding hydrogens is 413 g/mol. The van der Waals surface area contributed by atoms with Crippen molar-refractivity contribution in [3.8, 4) is 11.5 Å². The van der Waals surface area contributed by atoms with Crippen molar-refractivity contribution in [1.82, 2.24) is 4.90 Å². The minimum absolute atomic E-state index is 0.123. The minimum atomic E-state index is -0.184. The number of hydrogen-bond acceptors (Lipinski definition) is 5. The van der Waals surface area contributed by atoms with E-state index in [9.17, 15) is 9.90 Å². The first-order chi connectivity index (χ1) is 12.4. The summed E-state index contributed by atoms with van der Waals surface area (Å²) in [5.41, 5.74) is 1.56. The zero-order chi connectivity index (χ0) is 18.8. The van der Waals surface area contributed by atoms with Gasteiger partial charge in [-0.25, -0.2) is 0 Å². The van der Waals surface area contributed by atoms with Gasteiger partial charge >= 0.3 is 0 Å². The number of benzene rings is 2. The summed E-state index contributed by atoms with van der Waals surface area (Å²) in [7, 11) is 1.60. The van der Waals surface area contributed by atoms with E-state index in [0.29, 0.717) is 21.3 Å². The molecule has 0 atom stereocenters. The van der Waals surface area contributed by atoms with Gasteiger partial charge in [0.05, 0.1) is 28.6 Å². The number of phenolic OH excluding ortho intramolecular Hbond substituents is 1. The number of amides is 1. The van der Waals surface area contributed by atoms with Gasteiger partial charge in [-0.15, -0.1) is 0 Å². The molecule has 0 radical (unpaired) electrons. The smallest absolute Gasteiger partial charge is 0.266 e. The van der Waals surface area contributed by atoms with E-state index in [0.717, 1.165) is 11.3 Å². The molecule has 1 fully saturated rings. The second kappa shape index (κ2) is 7.88. The van der Waals surface area contributed by atoms with Crippen LogP contribution >= 0.6 is 47.2 Å². The second-order valence-corrected chi connectivity index (χ2v) is 7.94. The molecule has 3 rings (SSSR count). The van der Waals surface area contributed by atoms with E-state index in [2.05, 4.69) is 0 Å². The molecule has 0 spiro atoms. The van der Waals surface area contributed by atoms with Crippen LogP contribution in [0, 0.1) is 0 Å². The lowest BCUT2D eigenvalue weighted by atomic mass is 10.2. The first-order valence-electron chi connectivity index (χ1n) is 7.45. The fourth-order valence-electron chi connectivity index (χ4n) is 2.37. The Morgan fingerprint density at radius 2 is 1.85 bits per heavy atom. The van der Waals surface area contributed by atoms with Gasteiger partial charge in [0.2, 0.25) is 0 Å². The molecule has 0 bridgehead atoms. The fourth-order valence-corrected chi connectivity index (χ4v) is 4.13. The van der Waals surface area contributed by atoms with Crippen LogP contribution in [-0.4, -0.2) is 27.3 Å². The average Bonchev–Trinajstić information content (AvgIpc) is 2.87. The Morgan fingerprint density at radius 1 is 1.23 bits per heavy atom. The number of phenols is 1. The summed E-state index contributed by atoms with van der Waals surface area (Å²) in [6, 6.07) is 10.5. The highest BCUT2D eigenvalue weighted by Crippen LogP contribution is 2.37. The van der Waals surface area contributed by atoms with Crippen LogP contribution in [0.25, 0.3) is 6.08 Å². The summed E-state index contributed by atoms with van der Waals surface area (Å²) >= 11 is 18.4. The van der Waals surface area contributed by atoms with Crippen molar-refractivity contribution in [3.63, 3.8) is 0 Å². The zero-order valence-corrected chi connectivity index (χ0v) is 16.7. The zero-order valence-electron chi connectivity index (χ0n) is 13.5. The third-order valence-corrected chi connectivity index (χ3v) is 5.66. The SMILES string of the molecule is COc1ccc(CN2C(=O)C(=Cc3cc(Cl)c(O)c(Cl)c3)SC2=S)cc1. The highest BCUT2D eigenvalue weighted by atomic mass is 35.5. The summed E-state index contributed by atoms with van der Waals surface area (Å²) in [6.45, 7) is 0.378. The number of halogens is 2. The lowest BCUT2D eigenvalue weighted by molar-refractivity contribution is -0.122. The summed E-state index contributed by atoms with van der Waals surface area (Å²) in [5, 5.41) is 9.88. The van der Waals surface area contributed by atoms with Gasteiger partial charge in [0, 0.05) is 0 Å². The first-order valence-corrected chi connectivity index (χ1v) is 9.43. The highest BCUT2D eigenvalue weighted by Gasteiger charge is 2.32. The summed E-state index contributed by atoms with van der Waals surface area (Å²) in [5.74, 6) is 0.383. The Labute approximate surface area is 170 Å². The van der Waals surface area contributed by atoms with Gasteiger partial charge < -0.3 is 9.84 Å². The van der Waals surface area contributed by atoms with E-state index in [1.54, 1.807) is 25.3 Å². The van der Waals surface area contributed by atoms with Crippen molar-refractivity contribution in [3.05, 3.63) is 62.5 Å². The average molecular weight is 426 g/mol. The molecule has 1 aliphatic heterocycles. The van der Waals surface area contributed by atoms with Gasteiger partial charge in [0.25, 0.3) is 5.91 Å².